The van der Waals surface area contributed by atoms with E-state index in [0.29, 0.717) is 39.0 Å². The first kappa shape index (κ1) is 29.7. The third-order valence-corrected chi connectivity index (χ3v) is 7.98. The molecule has 1 N–H and O–H groups in total. The highest BCUT2D eigenvalue weighted by atomic mass is 32.2. The maximum atomic E-state index is 13.7. The van der Waals surface area contributed by atoms with E-state index in [4.69, 9.17) is 31.2 Å². The van der Waals surface area contributed by atoms with Crippen LogP contribution in [0.15, 0.2) is 30.3 Å². The molecule has 1 aliphatic rings. The minimum atomic E-state index is -0.150. The molecular formula is C27H37N3O6S2. The zero-order valence-electron chi connectivity index (χ0n) is 22.9. The van der Waals surface area contributed by atoms with Gasteiger partial charge in [-0.1, -0.05) is 30.0 Å². The number of anilines is 1. The van der Waals surface area contributed by atoms with E-state index in [0.717, 1.165) is 31.7 Å². The van der Waals surface area contributed by atoms with Gasteiger partial charge < -0.3 is 33.9 Å². The number of phenolic OH excluding ortho intramolecular Hbond substituents is 1. The zero-order chi connectivity index (χ0) is 27.8. The van der Waals surface area contributed by atoms with Crippen molar-refractivity contribution in [1.82, 2.24) is 9.80 Å². The molecule has 0 aliphatic carbocycles. The summed E-state index contributed by atoms with van der Waals surface area (Å²) in [5, 5.41) is 10.3. The van der Waals surface area contributed by atoms with Crippen LogP contribution in [0.5, 0.6) is 28.7 Å². The predicted molar refractivity (Wildman–Crippen MR) is 155 cm³/mol. The number of thiocarbonyl (C=S) groups is 1. The lowest BCUT2D eigenvalue weighted by Gasteiger charge is -2.37. The SMILES string of the molecule is COc1ccc(CN(C(=O)CSC(=S)N2CCN(C(C)C)CC2)c2cc(OC)c(OC)c(OC)c2)cc1O. The van der Waals surface area contributed by atoms with Gasteiger partial charge in [-0.3, -0.25) is 9.69 Å². The Hall–Kier alpha value is -2.89. The molecule has 9 nitrogen and oxygen atoms in total. The molecule has 0 bridgehead atoms. The number of rotatable bonds is 10. The first-order chi connectivity index (χ1) is 18.2. The Kier molecular flexibility index (Phi) is 10.7. The smallest absolute Gasteiger partial charge is 0.237 e. The van der Waals surface area contributed by atoms with Gasteiger partial charge in [0, 0.05) is 44.4 Å². The third kappa shape index (κ3) is 7.15. The van der Waals surface area contributed by atoms with Gasteiger partial charge in [-0.2, -0.15) is 0 Å². The van der Waals surface area contributed by atoms with E-state index in [9.17, 15) is 9.90 Å². The molecule has 1 aliphatic heterocycles. The summed E-state index contributed by atoms with van der Waals surface area (Å²) in [6.45, 7) is 8.19. The van der Waals surface area contributed by atoms with Gasteiger partial charge in [-0.05, 0) is 31.5 Å². The first-order valence-electron chi connectivity index (χ1n) is 12.3. The van der Waals surface area contributed by atoms with Crippen molar-refractivity contribution in [1.29, 1.82) is 0 Å². The fourth-order valence-electron chi connectivity index (χ4n) is 4.28. The molecule has 3 rings (SSSR count). The maximum Gasteiger partial charge on any atom is 0.237 e. The number of piperazine rings is 1. The van der Waals surface area contributed by atoms with Gasteiger partial charge in [-0.25, -0.2) is 0 Å². The minimum Gasteiger partial charge on any atom is -0.504 e. The summed E-state index contributed by atoms with van der Waals surface area (Å²) < 4.78 is 22.4. The number of thioether (sulfide) groups is 1. The largest absolute Gasteiger partial charge is 0.504 e. The van der Waals surface area contributed by atoms with Gasteiger partial charge >= 0.3 is 0 Å². The molecule has 0 unspecified atom stereocenters. The number of carbonyl (C=O) groups is 1. The van der Waals surface area contributed by atoms with Crippen molar-refractivity contribution in [3.63, 3.8) is 0 Å². The molecule has 208 valence electrons. The van der Waals surface area contributed by atoms with Gasteiger partial charge in [0.2, 0.25) is 11.7 Å². The molecular weight excluding hydrogens is 526 g/mol. The lowest BCUT2D eigenvalue weighted by atomic mass is 10.1. The number of hydrogen-bond donors (Lipinski definition) is 1. The summed E-state index contributed by atoms with van der Waals surface area (Å²) in [5.74, 6) is 1.66. The number of nitrogens with zero attached hydrogens (tertiary/aromatic N) is 3. The Bertz CT molecular complexity index is 1100. The monoisotopic (exact) mass is 563 g/mol. The molecule has 11 heteroatoms. The van der Waals surface area contributed by atoms with Crippen LogP contribution >= 0.6 is 24.0 Å². The van der Waals surface area contributed by atoms with Crippen molar-refractivity contribution in [3.8, 4) is 28.7 Å². The molecule has 2 aromatic rings. The summed E-state index contributed by atoms with van der Waals surface area (Å²) in [6, 6.07) is 9.03. The quantitative estimate of drug-likeness (QED) is 0.428. The van der Waals surface area contributed by atoms with Crippen molar-refractivity contribution < 1.29 is 28.8 Å². The highest BCUT2D eigenvalue weighted by Crippen LogP contribution is 2.41. The molecule has 0 spiro atoms. The first-order valence-corrected chi connectivity index (χ1v) is 13.7. The number of benzene rings is 2. The normalized spacial score (nSPS) is 13.8. The van der Waals surface area contributed by atoms with Crippen LogP contribution in [0.4, 0.5) is 5.69 Å². The van der Waals surface area contributed by atoms with Crippen LogP contribution < -0.4 is 23.8 Å². The van der Waals surface area contributed by atoms with E-state index in [1.165, 1.54) is 40.2 Å². The Balaban J connectivity index is 1.83. The second-order valence-corrected chi connectivity index (χ2v) is 10.7. The number of aromatic hydroxyl groups is 1. The summed E-state index contributed by atoms with van der Waals surface area (Å²) in [7, 11) is 6.08. The van der Waals surface area contributed by atoms with Gasteiger partial charge in [-0.15, -0.1) is 0 Å². The molecule has 0 atom stereocenters. The van der Waals surface area contributed by atoms with E-state index in [1.54, 1.807) is 29.2 Å². The number of ether oxygens (including phenoxy) is 4. The molecule has 38 heavy (non-hydrogen) atoms. The lowest BCUT2D eigenvalue weighted by molar-refractivity contribution is -0.116. The van der Waals surface area contributed by atoms with E-state index in [1.807, 2.05) is 6.07 Å². The number of amides is 1. The number of carbonyl (C=O) groups excluding carboxylic acids is 1. The second-order valence-electron chi connectivity index (χ2n) is 9.04. The average Bonchev–Trinajstić information content (AvgIpc) is 2.93. The standard InChI is InChI=1S/C27H37N3O6S2/c1-18(2)28-9-11-29(12-10-28)27(37)38-17-25(32)30(16-19-7-8-22(33-3)21(31)13-19)20-14-23(34-4)26(36-6)24(15-20)35-5/h7-8,13-15,18,31H,9-12,16-17H2,1-6H3. The predicted octanol–water partition coefficient (Wildman–Crippen LogP) is 4.00. The van der Waals surface area contributed by atoms with Crippen LogP contribution in [0.2, 0.25) is 0 Å². The van der Waals surface area contributed by atoms with Crippen molar-refractivity contribution in [2.75, 3.05) is 65.3 Å². The number of methoxy groups -OCH3 is 4. The summed E-state index contributed by atoms with van der Waals surface area (Å²) in [5.41, 5.74) is 1.29. The number of phenols is 1. The Morgan fingerprint density at radius 1 is 0.974 bits per heavy atom. The molecule has 1 heterocycles. The van der Waals surface area contributed by atoms with Gasteiger partial charge in [0.25, 0.3) is 0 Å². The van der Waals surface area contributed by atoms with Crippen LogP contribution in [0.25, 0.3) is 0 Å². The summed E-state index contributed by atoms with van der Waals surface area (Å²) >= 11 is 7.04. The zero-order valence-corrected chi connectivity index (χ0v) is 24.5. The van der Waals surface area contributed by atoms with Gasteiger partial charge in [0.05, 0.1) is 46.4 Å². The van der Waals surface area contributed by atoms with Crippen molar-refractivity contribution in [2.24, 2.45) is 0 Å². The Morgan fingerprint density at radius 2 is 1.58 bits per heavy atom. The van der Waals surface area contributed by atoms with Crippen LogP contribution in [0.3, 0.4) is 0 Å². The van der Waals surface area contributed by atoms with Crippen molar-refractivity contribution in [3.05, 3.63) is 35.9 Å². The van der Waals surface area contributed by atoms with Crippen molar-refractivity contribution in [2.45, 2.75) is 26.4 Å². The van der Waals surface area contributed by atoms with E-state index in [-0.39, 0.29) is 24.0 Å². The molecule has 0 saturated carbocycles. The highest BCUT2D eigenvalue weighted by molar-refractivity contribution is 8.23. The van der Waals surface area contributed by atoms with Gasteiger partial charge in [0.1, 0.15) is 4.32 Å². The average molecular weight is 564 g/mol. The molecule has 0 aromatic heterocycles. The van der Waals surface area contributed by atoms with Crippen LogP contribution in [-0.4, -0.2) is 91.5 Å². The minimum absolute atomic E-state index is 0.00150. The molecule has 1 fully saturated rings. The van der Waals surface area contributed by atoms with Gasteiger partial charge in [0.15, 0.2) is 23.0 Å². The summed E-state index contributed by atoms with van der Waals surface area (Å²) in [4.78, 5) is 19.9. The van der Waals surface area contributed by atoms with E-state index >= 15 is 0 Å². The van der Waals surface area contributed by atoms with Crippen molar-refractivity contribution >= 4 is 39.9 Å². The van der Waals surface area contributed by atoms with Crippen LogP contribution in [0.1, 0.15) is 19.4 Å². The fourth-order valence-corrected chi connectivity index (χ4v) is 5.40. The highest BCUT2D eigenvalue weighted by Gasteiger charge is 2.25. The Labute approximate surface area is 234 Å². The van der Waals surface area contributed by atoms with Crippen LogP contribution in [-0.2, 0) is 11.3 Å². The lowest BCUT2D eigenvalue weighted by Crippen LogP contribution is -2.49. The fraction of sp³-hybridized carbons (Fsp3) is 0.481. The second kappa shape index (κ2) is 13.8. The van der Waals surface area contributed by atoms with E-state index < -0.39 is 0 Å². The molecule has 1 saturated heterocycles. The van der Waals surface area contributed by atoms with Crippen LogP contribution in [0, 0.1) is 0 Å². The number of hydrogen-bond acceptors (Lipinski definition) is 9. The molecule has 1 amide bonds. The molecule has 2 aromatic carbocycles. The maximum absolute atomic E-state index is 13.7. The van der Waals surface area contributed by atoms with E-state index in [2.05, 4.69) is 23.6 Å². The third-order valence-electron chi connectivity index (χ3n) is 6.47. The summed E-state index contributed by atoms with van der Waals surface area (Å²) in [6.07, 6.45) is 0. The Morgan fingerprint density at radius 3 is 2.08 bits per heavy atom. The molecule has 0 radical (unpaired) electrons. The topological polar surface area (TPSA) is 83.9 Å².